The molecule has 9 nitrogen and oxygen atoms in total. The number of amides is 1. The highest BCUT2D eigenvalue weighted by Gasteiger charge is 2.20. The molecule has 2 heterocycles. The largest absolute Gasteiger partial charge is 0.480 e. The molecule has 0 saturated heterocycles. The van der Waals surface area contributed by atoms with Gasteiger partial charge in [-0.2, -0.15) is 9.97 Å². The van der Waals surface area contributed by atoms with Gasteiger partial charge in [-0.05, 0) is 12.8 Å². The monoisotopic (exact) mass is 363 g/mol. The molecule has 26 heavy (non-hydrogen) atoms. The minimum absolute atomic E-state index is 0.0324. The Balaban J connectivity index is 2.53. The predicted octanol–water partition coefficient (Wildman–Crippen LogP) is 2.60. The lowest BCUT2D eigenvalue weighted by Gasteiger charge is -2.15. The Labute approximate surface area is 151 Å². The number of carbonyl (C=O) groups excluding carboxylic acids is 1. The number of hydrogen-bond acceptors (Lipinski definition) is 7. The fraction of sp³-hybridized carbons (Fsp3) is 0.529. The Kier molecular flexibility index (Phi) is 6.76. The quantitative estimate of drug-likeness (QED) is 0.614. The Bertz CT molecular complexity index is 834. The Morgan fingerprint density at radius 3 is 2.58 bits per heavy atom. The van der Waals surface area contributed by atoms with Gasteiger partial charge in [-0.25, -0.2) is 9.59 Å². The van der Waals surface area contributed by atoms with Gasteiger partial charge in [-0.1, -0.05) is 32.6 Å². The SMILES string of the molecule is CCCCCCCc1c(NC(=O)OC)nc(OC)c2c(N)nc(=O)[nH]c12. The Morgan fingerprint density at radius 2 is 1.92 bits per heavy atom. The van der Waals surface area contributed by atoms with Crippen molar-refractivity contribution in [3.63, 3.8) is 0 Å². The van der Waals surface area contributed by atoms with Gasteiger partial charge in [0.2, 0.25) is 5.88 Å². The van der Waals surface area contributed by atoms with Crippen LogP contribution in [0.15, 0.2) is 4.79 Å². The zero-order valence-corrected chi connectivity index (χ0v) is 15.3. The molecule has 9 heteroatoms. The van der Waals surface area contributed by atoms with E-state index < -0.39 is 11.8 Å². The highest BCUT2D eigenvalue weighted by atomic mass is 16.5. The van der Waals surface area contributed by atoms with E-state index in [1.165, 1.54) is 20.6 Å². The zero-order valence-electron chi connectivity index (χ0n) is 15.3. The average molecular weight is 363 g/mol. The number of nitrogens with two attached hydrogens (primary N) is 1. The lowest BCUT2D eigenvalue weighted by Crippen LogP contribution is -2.18. The molecule has 2 aromatic heterocycles. The molecule has 0 saturated carbocycles. The molecule has 0 bridgehead atoms. The van der Waals surface area contributed by atoms with Crippen LogP contribution in [0.25, 0.3) is 10.9 Å². The van der Waals surface area contributed by atoms with Crippen LogP contribution in [-0.2, 0) is 11.2 Å². The first-order valence-electron chi connectivity index (χ1n) is 8.63. The summed E-state index contributed by atoms with van der Waals surface area (Å²) in [5.41, 5.74) is 6.48. The fourth-order valence-corrected chi connectivity index (χ4v) is 2.82. The van der Waals surface area contributed by atoms with Gasteiger partial charge in [0.05, 0.1) is 19.7 Å². The first-order chi connectivity index (χ1) is 12.5. The van der Waals surface area contributed by atoms with Crippen LogP contribution in [0.1, 0.15) is 44.6 Å². The standard InChI is InChI=1S/C17H25N5O4/c1-4-5-6-7-8-9-10-12-11(13(18)20-16(23)19-12)15(25-2)21-14(10)22-17(24)26-3/h4-9H2,1-3H3,(H,21,22,24)(H3,18,19,20,23). The van der Waals surface area contributed by atoms with E-state index in [9.17, 15) is 9.59 Å². The summed E-state index contributed by atoms with van der Waals surface area (Å²) in [6.07, 6.45) is 5.30. The van der Waals surface area contributed by atoms with Crippen LogP contribution >= 0.6 is 0 Å². The van der Waals surface area contributed by atoms with Crippen molar-refractivity contribution in [3.05, 3.63) is 16.0 Å². The highest BCUT2D eigenvalue weighted by Crippen LogP contribution is 2.33. The van der Waals surface area contributed by atoms with Crippen LogP contribution in [-0.4, -0.2) is 35.3 Å². The normalized spacial score (nSPS) is 10.7. The number of pyridine rings is 1. The van der Waals surface area contributed by atoms with Crippen LogP contribution in [0.5, 0.6) is 5.88 Å². The van der Waals surface area contributed by atoms with Gasteiger partial charge in [0.25, 0.3) is 0 Å². The summed E-state index contributed by atoms with van der Waals surface area (Å²) in [5.74, 6) is 0.477. The number of nitrogen functional groups attached to an aromatic ring is 1. The van der Waals surface area contributed by atoms with Crippen LogP contribution in [0.4, 0.5) is 16.4 Å². The number of aromatic amines is 1. The molecule has 142 valence electrons. The third kappa shape index (κ3) is 4.41. The maximum Gasteiger partial charge on any atom is 0.412 e. The summed E-state index contributed by atoms with van der Waals surface area (Å²) in [6, 6.07) is 0. The molecule has 2 rings (SSSR count). The number of carbonyl (C=O) groups is 1. The maximum atomic E-state index is 11.8. The van der Waals surface area contributed by atoms with E-state index in [-0.39, 0.29) is 17.5 Å². The Morgan fingerprint density at radius 1 is 1.19 bits per heavy atom. The number of ether oxygens (including phenoxy) is 2. The number of aromatic nitrogens is 3. The Hall–Kier alpha value is -2.84. The van der Waals surface area contributed by atoms with Crippen LogP contribution in [0.2, 0.25) is 0 Å². The van der Waals surface area contributed by atoms with Gasteiger partial charge in [0, 0.05) is 5.56 Å². The van der Waals surface area contributed by atoms with Crippen LogP contribution in [0.3, 0.4) is 0 Å². The van der Waals surface area contributed by atoms with Gasteiger partial charge in [-0.3, -0.25) is 5.32 Å². The number of nitrogens with one attached hydrogen (secondary N) is 2. The number of unbranched alkanes of at least 4 members (excludes halogenated alkanes) is 4. The summed E-state index contributed by atoms with van der Waals surface area (Å²) in [6.45, 7) is 2.15. The number of nitrogens with zero attached hydrogens (tertiary/aromatic N) is 2. The van der Waals surface area contributed by atoms with Gasteiger partial charge in [-0.15, -0.1) is 0 Å². The second-order valence-electron chi connectivity index (χ2n) is 5.91. The van der Waals surface area contributed by atoms with Crippen molar-refractivity contribution < 1.29 is 14.3 Å². The summed E-state index contributed by atoms with van der Waals surface area (Å²) < 4.78 is 9.93. The third-order valence-electron chi connectivity index (χ3n) is 4.10. The molecule has 0 fully saturated rings. The molecular formula is C17H25N5O4. The summed E-state index contributed by atoms with van der Waals surface area (Å²) >= 11 is 0. The molecule has 2 aromatic rings. The number of fused-ring (bicyclic) bond motifs is 1. The number of rotatable bonds is 8. The minimum Gasteiger partial charge on any atom is -0.480 e. The van der Waals surface area contributed by atoms with E-state index >= 15 is 0 Å². The smallest absolute Gasteiger partial charge is 0.412 e. The van der Waals surface area contributed by atoms with Crippen molar-refractivity contribution in [1.29, 1.82) is 0 Å². The van der Waals surface area contributed by atoms with E-state index in [4.69, 9.17) is 10.5 Å². The molecule has 1 amide bonds. The van der Waals surface area contributed by atoms with Crippen molar-refractivity contribution in [2.75, 3.05) is 25.3 Å². The molecule has 0 aliphatic heterocycles. The fourth-order valence-electron chi connectivity index (χ4n) is 2.82. The summed E-state index contributed by atoms with van der Waals surface area (Å²) in [7, 11) is 2.69. The zero-order chi connectivity index (χ0) is 19.1. The molecule has 0 spiro atoms. The lowest BCUT2D eigenvalue weighted by molar-refractivity contribution is 0.186. The number of hydrogen-bond donors (Lipinski definition) is 3. The van der Waals surface area contributed by atoms with Crippen molar-refractivity contribution in [3.8, 4) is 5.88 Å². The lowest BCUT2D eigenvalue weighted by atomic mass is 10.0. The molecular weight excluding hydrogens is 338 g/mol. The highest BCUT2D eigenvalue weighted by molar-refractivity contribution is 5.98. The summed E-state index contributed by atoms with van der Waals surface area (Å²) in [5, 5.41) is 3.00. The van der Waals surface area contributed by atoms with Crippen LogP contribution < -0.4 is 21.5 Å². The average Bonchev–Trinajstić information content (AvgIpc) is 2.61. The maximum absolute atomic E-state index is 11.8. The molecule has 0 radical (unpaired) electrons. The number of H-pyrrole nitrogens is 1. The van der Waals surface area contributed by atoms with Gasteiger partial charge in [0.1, 0.15) is 17.0 Å². The van der Waals surface area contributed by atoms with Crippen molar-refractivity contribution in [2.45, 2.75) is 45.4 Å². The molecule has 0 atom stereocenters. The molecule has 0 aliphatic carbocycles. The molecule has 0 aliphatic rings. The summed E-state index contributed by atoms with van der Waals surface area (Å²) in [4.78, 5) is 34.3. The van der Waals surface area contributed by atoms with E-state index in [1.54, 1.807) is 0 Å². The second kappa shape index (κ2) is 9.02. The first-order valence-corrected chi connectivity index (χ1v) is 8.63. The molecule has 0 unspecified atom stereocenters. The van der Waals surface area contributed by atoms with Crippen LogP contribution in [0, 0.1) is 0 Å². The second-order valence-corrected chi connectivity index (χ2v) is 5.91. The molecule has 4 N–H and O–H groups in total. The van der Waals surface area contributed by atoms with Crippen molar-refractivity contribution in [2.24, 2.45) is 0 Å². The van der Waals surface area contributed by atoms with Gasteiger partial charge >= 0.3 is 11.8 Å². The van der Waals surface area contributed by atoms with E-state index in [0.717, 1.165) is 25.7 Å². The van der Waals surface area contributed by atoms with E-state index in [1.807, 2.05) is 0 Å². The number of aryl methyl sites for hydroxylation is 1. The van der Waals surface area contributed by atoms with Gasteiger partial charge in [0.15, 0.2) is 0 Å². The minimum atomic E-state index is -0.657. The van der Waals surface area contributed by atoms with E-state index in [2.05, 4.69) is 31.9 Å². The predicted molar refractivity (Wildman–Crippen MR) is 99.6 cm³/mol. The topological polar surface area (TPSA) is 132 Å². The third-order valence-corrected chi connectivity index (χ3v) is 4.10. The number of anilines is 2. The van der Waals surface area contributed by atoms with Crippen molar-refractivity contribution >= 4 is 28.6 Å². The van der Waals surface area contributed by atoms with E-state index in [0.29, 0.717) is 22.9 Å². The first kappa shape index (κ1) is 19.5. The van der Waals surface area contributed by atoms with Gasteiger partial charge < -0.3 is 20.2 Å². The number of methoxy groups -OCH3 is 2. The van der Waals surface area contributed by atoms with Crippen molar-refractivity contribution in [1.82, 2.24) is 15.0 Å². The molecule has 0 aromatic carbocycles.